The van der Waals surface area contributed by atoms with Crippen LogP contribution in [-0.2, 0) is 19.1 Å². The topological polar surface area (TPSA) is 103 Å². The molecular formula is C20H26N2O6. The van der Waals surface area contributed by atoms with Crippen LogP contribution in [0.1, 0.15) is 31.4 Å². The van der Waals surface area contributed by atoms with Crippen LogP contribution in [0.25, 0.3) is 0 Å². The highest BCUT2D eigenvalue weighted by Crippen LogP contribution is 2.19. The average molecular weight is 390 g/mol. The fraction of sp³-hybridized carbons (Fsp3) is 0.450. The van der Waals surface area contributed by atoms with Crippen molar-refractivity contribution < 1.29 is 28.6 Å². The number of ether oxygens (including phenoxy) is 3. The molecule has 0 saturated heterocycles. The predicted octanol–water partition coefficient (Wildman–Crippen LogP) is 2.13. The number of carbonyl (C=O) groups excluding carboxylic acids is 3. The molecule has 0 unspecified atom stereocenters. The maximum atomic E-state index is 12.1. The molecule has 8 heteroatoms. The Kier molecular flexibility index (Phi) is 7.43. The predicted molar refractivity (Wildman–Crippen MR) is 102 cm³/mol. The number of amides is 2. The quantitative estimate of drug-likeness (QED) is 0.659. The zero-order chi connectivity index (χ0) is 20.7. The molecule has 28 heavy (non-hydrogen) atoms. The summed E-state index contributed by atoms with van der Waals surface area (Å²) in [6, 6.07) is 4.83. The summed E-state index contributed by atoms with van der Waals surface area (Å²) in [6.45, 7) is 7.37. The minimum absolute atomic E-state index is 0.0388. The molecule has 0 fully saturated rings. The maximum Gasteiger partial charge on any atom is 0.338 e. The number of nitrogens with one attached hydrogen (secondary N) is 2. The Hall–Kier alpha value is -3.03. The van der Waals surface area contributed by atoms with Crippen LogP contribution >= 0.6 is 0 Å². The molecule has 152 valence electrons. The number of urea groups is 1. The first kappa shape index (κ1) is 21.3. The first-order valence-corrected chi connectivity index (χ1v) is 9.15. The zero-order valence-electron chi connectivity index (χ0n) is 16.6. The van der Waals surface area contributed by atoms with Crippen molar-refractivity contribution in [1.82, 2.24) is 10.6 Å². The summed E-state index contributed by atoms with van der Waals surface area (Å²) < 4.78 is 15.9. The Balaban J connectivity index is 1.92. The first-order valence-electron chi connectivity index (χ1n) is 9.15. The molecule has 2 amide bonds. The molecule has 1 aromatic rings. The molecule has 0 bridgehead atoms. The molecule has 0 aromatic heterocycles. The van der Waals surface area contributed by atoms with Gasteiger partial charge in [-0.25, -0.2) is 9.59 Å². The van der Waals surface area contributed by atoms with Crippen LogP contribution in [-0.4, -0.2) is 43.8 Å². The zero-order valence-corrected chi connectivity index (χ0v) is 16.6. The van der Waals surface area contributed by atoms with Crippen molar-refractivity contribution in [2.75, 3.05) is 19.8 Å². The number of esters is 2. The fourth-order valence-electron chi connectivity index (χ4n) is 2.73. The summed E-state index contributed by atoms with van der Waals surface area (Å²) in [5.41, 5.74) is 2.51. The highest BCUT2D eigenvalue weighted by Gasteiger charge is 2.30. The summed E-state index contributed by atoms with van der Waals surface area (Å²) in [5, 5.41) is 5.09. The van der Waals surface area contributed by atoms with Crippen molar-refractivity contribution in [2.24, 2.45) is 0 Å². The highest BCUT2D eigenvalue weighted by molar-refractivity contribution is 5.94. The van der Waals surface area contributed by atoms with E-state index in [-0.39, 0.29) is 37.5 Å². The van der Waals surface area contributed by atoms with Crippen LogP contribution in [0.3, 0.4) is 0 Å². The lowest BCUT2D eigenvalue weighted by molar-refractivity contribution is -0.144. The molecule has 1 aromatic carbocycles. The number of carbonyl (C=O) groups is 3. The third-order valence-electron chi connectivity index (χ3n) is 4.15. The van der Waals surface area contributed by atoms with Crippen LogP contribution in [0, 0.1) is 13.8 Å². The maximum absolute atomic E-state index is 12.1. The number of benzene rings is 1. The molecule has 1 heterocycles. The third-order valence-corrected chi connectivity index (χ3v) is 4.15. The van der Waals surface area contributed by atoms with E-state index in [1.165, 1.54) is 0 Å². The van der Waals surface area contributed by atoms with E-state index in [4.69, 9.17) is 14.2 Å². The Bertz CT molecular complexity index is 787. The van der Waals surface area contributed by atoms with Gasteiger partial charge in [0, 0.05) is 0 Å². The van der Waals surface area contributed by atoms with Crippen LogP contribution < -0.4 is 15.4 Å². The van der Waals surface area contributed by atoms with Crippen molar-refractivity contribution in [3.05, 3.63) is 40.6 Å². The molecule has 2 N–H and O–H groups in total. The van der Waals surface area contributed by atoms with E-state index in [9.17, 15) is 14.4 Å². The third kappa shape index (κ3) is 5.73. The van der Waals surface area contributed by atoms with Gasteiger partial charge in [-0.3, -0.25) is 4.79 Å². The second kappa shape index (κ2) is 9.77. The standard InChI is InChI=1S/C20H26N2O6/c1-5-26-19(24)18-14(4)21-20(25)22-15(18)11-28-17(23)8-9-27-16-10-12(2)6-7-13(16)3/h6-7,10,14H,5,8-9,11H2,1-4H3,(H2,21,22,25)/t14-/m0/s1. The average Bonchev–Trinajstić information content (AvgIpc) is 2.62. The molecule has 0 saturated carbocycles. The number of hydrogen-bond acceptors (Lipinski definition) is 6. The lowest BCUT2D eigenvalue weighted by atomic mass is 10.0. The van der Waals surface area contributed by atoms with Gasteiger partial charge in [0.25, 0.3) is 0 Å². The molecule has 0 radical (unpaired) electrons. The molecule has 1 atom stereocenters. The van der Waals surface area contributed by atoms with Gasteiger partial charge in [0.1, 0.15) is 12.4 Å². The first-order chi connectivity index (χ1) is 13.3. The van der Waals surface area contributed by atoms with Gasteiger partial charge in [-0.05, 0) is 44.9 Å². The second-order valence-corrected chi connectivity index (χ2v) is 6.46. The Morgan fingerprint density at radius 1 is 1.18 bits per heavy atom. The van der Waals surface area contributed by atoms with Gasteiger partial charge in [-0.2, -0.15) is 0 Å². The highest BCUT2D eigenvalue weighted by atomic mass is 16.5. The van der Waals surface area contributed by atoms with E-state index in [1.54, 1.807) is 13.8 Å². The smallest absolute Gasteiger partial charge is 0.338 e. The van der Waals surface area contributed by atoms with E-state index in [2.05, 4.69) is 10.6 Å². The van der Waals surface area contributed by atoms with Crippen LogP contribution in [0.15, 0.2) is 29.5 Å². The van der Waals surface area contributed by atoms with E-state index in [0.29, 0.717) is 0 Å². The summed E-state index contributed by atoms with van der Waals surface area (Å²) in [5.74, 6) is -0.340. The molecule has 8 nitrogen and oxygen atoms in total. The van der Waals surface area contributed by atoms with Crippen molar-refractivity contribution in [3.8, 4) is 5.75 Å². The number of hydrogen-bond donors (Lipinski definition) is 2. The minimum Gasteiger partial charge on any atom is -0.493 e. The van der Waals surface area contributed by atoms with Crippen molar-refractivity contribution in [1.29, 1.82) is 0 Å². The molecule has 2 rings (SSSR count). The lowest BCUT2D eigenvalue weighted by Crippen LogP contribution is -2.50. The molecule has 1 aliphatic heterocycles. The number of aryl methyl sites for hydroxylation is 2. The van der Waals surface area contributed by atoms with Crippen molar-refractivity contribution >= 4 is 18.0 Å². The van der Waals surface area contributed by atoms with Gasteiger partial charge in [0.05, 0.1) is 36.9 Å². The van der Waals surface area contributed by atoms with E-state index < -0.39 is 24.0 Å². The number of rotatable bonds is 8. The summed E-state index contributed by atoms with van der Waals surface area (Å²) in [4.78, 5) is 35.8. The minimum atomic E-state index is -0.563. The lowest BCUT2D eigenvalue weighted by Gasteiger charge is -2.26. The molecule has 0 aliphatic carbocycles. The van der Waals surface area contributed by atoms with E-state index in [1.807, 2.05) is 32.0 Å². The Morgan fingerprint density at radius 2 is 1.93 bits per heavy atom. The van der Waals surface area contributed by atoms with E-state index in [0.717, 1.165) is 16.9 Å². The van der Waals surface area contributed by atoms with Gasteiger partial charge in [0.15, 0.2) is 0 Å². The van der Waals surface area contributed by atoms with Gasteiger partial charge < -0.3 is 24.8 Å². The van der Waals surface area contributed by atoms with Gasteiger partial charge in [-0.15, -0.1) is 0 Å². The monoisotopic (exact) mass is 390 g/mol. The largest absolute Gasteiger partial charge is 0.493 e. The molecule has 0 spiro atoms. The van der Waals surface area contributed by atoms with Crippen LogP contribution in [0.2, 0.25) is 0 Å². The fourth-order valence-corrected chi connectivity index (χ4v) is 2.73. The van der Waals surface area contributed by atoms with E-state index >= 15 is 0 Å². The summed E-state index contributed by atoms with van der Waals surface area (Å²) in [7, 11) is 0. The van der Waals surface area contributed by atoms with Gasteiger partial charge in [0.2, 0.25) is 0 Å². The summed E-state index contributed by atoms with van der Waals surface area (Å²) in [6.07, 6.45) is 0.0388. The molecular weight excluding hydrogens is 364 g/mol. The Morgan fingerprint density at radius 3 is 2.64 bits per heavy atom. The van der Waals surface area contributed by atoms with Crippen LogP contribution in [0.4, 0.5) is 4.79 Å². The van der Waals surface area contributed by atoms with Gasteiger partial charge in [-0.1, -0.05) is 12.1 Å². The molecule has 1 aliphatic rings. The van der Waals surface area contributed by atoms with Crippen LogP contribution in [0.5, 0.6) is 5.75 Å². The summed E-state index contributed by atoms with van der Waals surface area (Å²) >= 11 is 0. The SMILES string of the molecule is CCOC(=O)C1=C(COC(=O)CCOc2cc(C)ccc2C)NC(=O)N[C@H]1C. The van der Waals surface area contributed by atoms with Crippen molar-refractivity contribution in [3.63, 3.8) is 0 Å². The second-order valence-electron chi connectivity index (χ2n) is 6.46. The normalized spacial score (nSPS) is 16.1. The Labute approximate surface area is 164 Å². The van der Waals surface area contributed by atoms with Crippen molar-refractivity contribution in [2.45, 2.75) is 40.2 Å². The van der Waals surface area contributed by atoms with Gasteiger partial charge >= 0.3 is 18.0 Å².